The zero-order valence-corrected chi connectivity index (χ0v) is 21.6. The van der Waals surface area contributed by atoms with Crippen molar-refractivity contribution in [2.45, 2.75) is 32.0 Å². The van der Waals surface area contributed by atoms with Gasteiger partial charge in [0.05, 0.1) is 30.9 Å². The second kappa shape index (κ2) is 12.6. The Hall–Kier alpha value is -3.01. The summed E-state index contributed by atoms with van der Waals surface area (Å²) in [6, 6.07) is 10.9. The first-order valence-corrected chi connectivity index (χ1v) is 12.4. The molecule has 0 aromatic heterocycles. The number of amides is 2. The van der Waals surface area contributed by atoms with Crippen LogP contribution in [0.4, 0.5) is 5.69 Å². The summed E-state index contributed by atoms with van der Waals surface area (Å²) in [6.45, 7) is 7.40. The zero-order valence-electron chi connectivity index (χ0n) is 20.8. The molecule has 2 aromatic rings. The number of fused-ring (bicyclic) bond motifs is 1. The van der Waals surface area contributed by atoms with Crippen molar-refractivity contribution in [1.29, 1.82) is 0 Å². The van der Waals surface area contributed by atoms with Crippen molar-refractivity contribution in [1.82, 2.24) is 5.32 Å². The maximum atomic E-state index is 13.1. The average Bonchev–Trinajstić information content (AvgIpc) is 2.86. The minimum atomic E-state index is -0.500. The topological polar surface area (TPSA) is 86.3 Å². The van der Waals surface area contributed by atoms with Crippen LogP contribution in [0.3, 0.4) is 0 Å². The highest BCUT2D eigenvalue weighted by Gasteiger charge is 2.27. The Morgan fingerprint density at radius 3 is 2.46 bits per heavy atom. The summed E-state index contributed by atoms with van der Waals surface area (Å²) in [5, 5.41) is 2.83. The summed E-state index contributed by atoms with van der Waals surface area (Å²) >= 11 is 1.37. The summed E-state index contributed by atoms with van der Waals surface area (Å²) < 4.78 is 21.9. The molecule has 9 heteroatoms. The molecule has 0 unspecified atom stereocenters. The van der Waals surface area contributed by atoms with E-state index in [0.29, 0.717) is 47.5 Å². The fourth-order valence-corrected chi connectivity index (χ4v) is 4.64. The third kappa shape index (κ3) is 6.56. The van der Waals surface area contributed by atoms with Crippen LogP contribution in [0, 0.1) is 0 Å². The van der Waals surface area contributed by atoms with Crippen molar-refractivity contribution in [3.8, 4) is 11.5 Å². The Bertz CT molecular complexity index is 1080. The predicted octanol–water partition coefficient (Wildman–Crippen LogP) is 4.33. The maximum absolute atomic E-state index is 13.1. The lowest BCUT2D eigenvalue weighted by molar-refractivity contribution is -0.131. The highest BCUT2D eigenvalue weighted by molar-refractivity contribution is 8.04. The molecule has 0 atom stereocenters. The lowest BCUT2D eigenvalue weighted by Crippen LogP contribution is -2.35. The summed E-state index contributed by atoms with van der Waals surface area (Å²) in [5.74, 6) is 0.850. The van der Waals surface area contributed by atoms with E-state index in [2.05, 4.69) is 5.32 Å². The normalized spacial score (nSPS) is 14.3. The van der Waals surface area contributed by atoms with Gasteiger partial charge in [-0.1, -0.05) is 17.8 Å². The molecular formula is C26H32N2O6S. The second-order valence-corrected chi connectivity index (χ2v) is 8.63. The van der Waals surface area contributed by atoms with Gasteiger partial charge >= 0.3 is 0 Å². The van der Waals surface area contributed by atoms with Crippen LogP contribution in [0.25, 0.3) is 6.08 Å². The predicted molar refractivity (Wildman–Crippen MR) is 137 cm³/mol. The largest absolute Gasteiger partial charge is 0.493 e. The van der Waals surface area contributed by atoms with E-state index in [-0.39, 0.29) is 18.4 Å². The van der Waals surface area contributed by atoms with Crippen LogP contribution >= 0.6 is 11.8 Å². The van der Waals surface area contributed by atoms with Crippen molar-refractivity contribution in [2.75, 3.05) is 45.4 Å². The molecule has 2 amide bonds. The van der Waals surface area contributed by atoms with Crippen molar-refractivity contribution < 1.29 is 28.5 Å². The van der Waals surface area contributed by atoms with Gasteiger partial charge in [0.25, 0.3) is 11.8 Å². The maximum Gasteiger partial charge on any atom is 0.264 e. The molecule has 1 heterocycles. The molecule has 35 heavy (non-hydrogen) atoms. The van der Waals surface area contributed by atoms with Crippen LogP contribution in [0.1, 0.15) is 36.7 Å². The lowest BCUT2D eigenvalue weighted by atomic mass is 10.1. The number of thioether (sulfide) groups is 1. The lowest BCUT2D eigenvalue weighted by Gasteiger charge is -2.27. The summed E-state index contributed by atoms with van der Waals surface area (Å²) in [7, 11) is 3.29. The number of hydrogen-bond acceptors (Lipinski definition) is 7. The van der Waals surface area contributed by atoms with Crippen LogP contribution in [0.15, 0.2) is 46.2 Å². The Labute approximate surface area is 210 Å². The van der Waals surface area contributed by atoms with E-state index < -0.39 is 6.29 Å². The number of methoxy groups -OCH3 is 1. The molecule has 0 spiro atoms. The monoisotopic (exact) mass is 500 g/mol. The van der Waals surface area contributed by atoms with Crippen molar-refractivity contribution in [2.24, 2.45) is 0 Å². The van der Waals surface area contributed by atoms with Crippen LogP contribution in [0.2, 0.25) is 0 Å². The van der Waals surface area contributed by atoms with E-state index in [1.807, 2.05) is 51.1 Å². The van der Waals surface area contributed by atoms with E-state index in [4.69, 9.17) is 18.9 Å². The number of nitrogens with one attached hydrogen (secondary N) is 1. The Balaban J connectivity index is 1.78. The molecule has 0 saturated heterocycles. The van der Waals surface area contributed by atoms with Crippen LogP contribution < -0.4 is 19.7 Å². The minimum Gasteiger partial charge on any atom is -0.493 e. The van der Waals surface area contributed by atoms with E-state index in [9.17, 15) is 9.59 Å². The van der Waals surface area contributed by atoms with E-state index in [1.54, 1.807) is 31.2 Å². The van der Waals surface area contributed by atoms with Gasteiger partial charge in [-0.05, 0) is 62.7 Å². The Morgan fingerprint density at radius 2 is 1.80 bits per heavy atom. The van der Waals surface area contributed by atoms with Gasteiger partial charge in [-0.3, -0.25) is 9.59 Å². The van der Waals surface area contributed by atoms with Crippen LogP contribution in [-0.2, 0) is 14.3 Å². The standard InChI is InChI=1S/C26H32N2O6S/c1-6-32-20-11-9-17(13-21(20)31-5)14-23-26(30)28(4)19-15-18(10-12-22(19)35-23)25(29)27-16-24(33-7-2)34-8-3/h9-15,24H,6-8,16H2,1-5H3,(H,27,29)/b23-14+. The molecule has 0 saturated carbocycles. The van der Waals surface area contributed by atoms with Crippen molar-refractivity contribution in [3.63, 3.8) is 0 Å². The van der Waals surface area contributed by atoms with Gasteiger partial charge in [-0.25, -0.2) is 0 Å². The Kier molecular flexibility index (Phi) is 9.59. The fourth-order valence-electron chi connectivity index (χ4n) is 3.55. The fraction of sp³-hybridized carbons (Fsp3) is 0.385. The molecule has 0 radical (unpaired) electrons. The zero-order chi connectivity index (χ0) is 25.4. The van der Waals surface area contributed by atoms with Gasteiger partial charge in [0.2, 0.25) is 0 Å². The number of likely N-dealkylation sites (N-methyl/N-ethyl adjacent to an activating group) is 1. The number of carbonyl (C=O) groups excluding carboxylic acids is 2. The molecular weight excluding hydrogens is 468 g/mol. The molecule has 1 aliphatic rings. The van der Waals surface area contributed by atoms with E-state index in [1.165, 1.54) is 11.8 Å². The number of nitrogens with zero attached hydrogens (tertiary/aromatic N) is 1. The Morgan fingerprint density at radius 1 is 1.06 bits per heavy atom. The smallest absolute Gasteiger partial charge is 0.264 e. The molecule has 1 N–H and O–H groups in total. The van der Waals surface area contributed by atoms with Gasteiger partial charge in [0.1, 0.15) is 0 Å². The van der Waals surface area contributed by atoms with E-state index in [0.717, 1.165) is 10.5 Å². The van der Waals surface area contributed by atoms with Gasteiger partial charge < -0.3 is 29.2 Å². The highest BCUT2D eigenvalue weighted by Crippen LogP contribution is 2.42. The molecule has 8 nitrogen and oxygen atoms in total. The molecule has 2 aromatic carbocycles. The highest BCUT2D eigenvalue weighted by atomic mass is 32.2. The van der Waals surface area contributed by atoms with Gasteiger partial charge in [-0.15, -0.1) is 0 Å². The molecule has 188 valence electrons. The second-order valence-electron chi connectivity index (χ2n) is 7.55. The third-order valence-corrected chi connectivity index (χ3v) is 6.32. The molecule has 1 aliphatic heterocycles. The summed E-state index contributed by atoms with van der Waals surface area (Å²) in [4.78, 5) is 28.8. The number of anilines is 1. The minimum absolute atomic E-state index is 0.152. The quantitative estimate of drug-likeness (QED) is 0.363. The molecule has 0 aliphatic carbocycles. The number of rotatable bonds is 11. The van der Waals surface area contributed by atoms with Crippen molar-refractivity contribution >= 4 is 35.3 Å². The summed E-state index contributed by atoms with van der Waals surface area (Å²) in [5.41, 5.74) is 1.96. The van der Waals surface area contributed by atoms with Crippen LogP contribution in [0.5, 0.6) is 11.5 Å². The number of ether oxygens (including phenoxy) is 4. The first kappa shape index (κ1) is 26.6. The first-order chi connectivity index (χ1) is 16.9. The SMILES string of the molecule is CCOc1ccc(/C=C2/Sc3ccc(C(=O)NCC(OCC)OCC)cc3N(C)C2=O)cc1OC. The molecule has 0 bridgehead atoms. The summed E-state index contributed by atoms with van der Waals surface area (Å²) in [6.07, 6.45) is 1.33. The van der Waals surface area contributed by atoms with Gasteiger partial charge in [0.15, 0.2) is 17.8 Å². The van der Waals surface area contributed by atoms with Crippen LogP contribution in [-0.4, -0.2) is 58.6 Å². The number of hydrogen-bond donors (Lipinski definition) is 1. The third-order valence-electron chi connectivity index (χ3n) is 5.24. The van der Waals surface area contributed by atoms with Gasteiger partial charge in [-0.2, -0.15) is 0 Å². The van der Waals surface area contributed by atoms with Gasteiger partial charge in [0, 0.05) is 30.7 Å². The first-order valence-electron chi connectivity index (χ1n) is 11.6. The molecule has 3 rings (SSSR count). The number of benzene rings is 2. The average molecular weight is 501 g/mol. The molecule has 0 fully saturated rings. The van der Waals surface area contributed by atoms with Crippen molar-refractivity contribution in [3.05, 3.63) is 52.4 Å². The number of carbonyl (C=O) groups is 2. The van der Waals surface area contributed by atoms with E-state index >= 15 is 0 Å².